The van der Waals surface area contributed by atoms with Gasteiger partial charge in [-0.25, -0.2) is 4.98 Å². The minimum atomic E-state index is -1.96. The molecular formula is C24H28N2OSi. The molecule has 1 aliphatic heterocycles. The number of benzene rings is 2. The van der Waals surface area contributed by atoms with Crippen molar-refractivity contribution < 1.29 is 4.79 Å². The molecular weight excluding hydrogens is 360 g/mol. The lowest BCUT2D eigenvalue weighted by atomic mass is 10.1. The van der Waals surface area contributed by atoms with Crippen LogP contribution in [0.25, 0.3) is 10.9 Å². The van der Waals surface area contributed by atoms with Crippen LogP contribution in [0.15, 0.2) is 60.7 Å². The molecule has 0 aliphatic carbocycles. The average Bonchev–Trinajstić information content (AvgIpc) is 2.91. The Hall–Kier alpha value is -2.46. The third-order valence-corrected chi connectivity index (χ3v) is 12.5. The van der Waals surface area contributed by atoms with Gasteiger partial charge in [0, 0.05) is 10.9 Å². The predicted molar refractivity (Wildman–Crippen MR) is 119 cm³/mol. The van der Waals surface area contributed by atoms with Crippen LogP contribution >= 0.6 is 0 Å². The van der Waals surface area contributed by atoms with Gasteiger partial charge in [0.1, 0.15) is 5.82 Å². The number of carbonyl (C=O) groups excluding carboxylic acids is 1. The molecule has 1 amide bonds. The van der Waals surface area contributed by atoms with Crippen molar-refractivity contribution in [2.75, 3.05) is 4.90 Å². The maximum atomic E-state index is 13.8. The van der Waals surface area contributed by atoms with Gasteiger partial charge in [-0.2, -0.15) is 0 Å². The molecule has 2 aromatic carbocycles. The third-order valence-electron chi connectivity index (χ3n) is 6.65. The van der Waals surface area contributed by atoms with Crippen LogP contribution in [0.5, 0.6) is 0 Å². The van der Waals surface area contributed by atoms with Crippen molar-refractivity contribution in [2.24, 2.45) is 0 Å². The van der Waals surface area contributed by atoms with Gasteiger partial charge in [-0.1, -0.05) is 82.4 Å². The lowest BCUT2D eigenvalue weighted by molar-refractivity contribution is -0.118. The van der Waals surface area contributed by atoms with Gasteiger partial charge in [0.2, 0.25) is 5.91 Å². The van der Waals surface area contributed by atoms with Crippen molar-refractivity contribution >= 4 is 30.7 Å². The number of para-hydroxylation sites is 1. The molecule has 1 aliphatic rings. The highest BCUT2D eigenvalue weighted by atomic mass is 28.3. The van der Waals surface area contributed by atoms with E-state index in [1.165, 1.54) is 0 Å². The zero-order chi connectivity index (χ0) is 20.1. The Bertz CT molecular complexity index is 1040. The number of carbonyl (C=O) groups is 1. The van der Waals surface area contributed by atoms with Gasteiger partial charge in [0.25, 0.3) is 0 Å². The Morgan fingerprint density at radius 3 is 2.32 bits per heavy atom. The third kappa shape index (κ3) is 2.96. The molecule has 3 aromatic rings. The zero-order valence-corrected chi connectivity index (χ0v) is 18.4. The summed E-state index contributed by atoms with van der Waals surface area (Å²) < 4.78 is 0. The SMILES string of the molecule is CC(C)(C)[Si](C)(C)C1C(=O)N(Cc2ccccc2)c2nc3ccccc3cc21. The lowest BCUT2D eigenvalue weighted by Crippen LogP contribution is -2.48. The standard InChI is InChI=1S/C24H28N2OSi/c1-24(2,3)28(4,5)21-19-15-18-13-9-10-14-20(18)25-22(19)26(23(21)27)16-17-11-7-6-8-12-17/h6-15,21H,16H2,1-5H3. The second-order valence-corrected chi connectivity index (χ2v) is 14.9. The van der Waals surface area contributed by atoms with Gasteiger partial charge in [-0.05, 0) is 22.7 Å². The van der Waals surface area contributed by atoms with Crippen LogP contribution < -0.4 is 4.90 Å². The van der Waals surface area contributed by atoms with E-state index in [0.717, 1.165) is 27.8 Å². The van der Waals surface area contributed by atoms with E-state index >= 15 is 0 Å². The number of amides is 1. The topological polar surface area (TPSA) is 33.2 Å². The van der Waals surface area contributed by atoms with Crippen LogP contribution in [0, 0.1) is 0 Å². The number of hydrogen-bond acceptors (Lipinski definition) is 2. The summed E-state index contributed by atoms with van der Waals surface area (Å²) in [6.45, 7) is 12.1. The van der Waals surface area contributed by atoms with Crippen molar-refractivity contribution in [2.45, 2.75) is 51.0 Å². The molecule has 0 spiro atoms. The minimum absolute atomic E-state index is 0.0664. The van der Waals surface area contributed by atoms with Crippen molar-refractivity contribution in [3.05, 3.63) is 71.8 Å². The van der Waals surface area contributed by atoms with Crippen molar-refractivity contribution in [3.8, 4) is 0 Å². The van der Waals surface area contributed by atoms with Gasteiger partial charge >= 0.3 is 0 Å². The molecule has 0 N–H and O–H groups in total. The van der Waals surface area contributed by atoms with E-state index in [1.54, 1.807) is 0 Å². The van der Waals surface area contributed by atoms with Gasteiger partial charge < -0.3 is 0 Å². The van der Waals surface area contributed by atoms with Crippen molar-refractivity contribution in [1.29, 1.82) is 0 Å². The summed E-state index contributed by atoms with van der Waals surface area (Å²) in [5.41, 5.74) is 3.13. The summed E-state index contributed by atoms with van der Waals surface area (Å²) in [5.74, 6) is 1.07. The van der Waals surface area contributed by atoms with Crippen molar-refractivity contribution in [1.82, 2.24) is 4.98 Å². The Balaban J connectivity index is 1.89. The molecule has 4 heteroatoms. The molecule has 0 saturated heterocycles. The van der Waals surface area contributed by atoms with E-state index in [2.05, 4.69) is 58.1 Å². The number of pyridine rings is 1. The van der Waals surface area contributed by atoms with Crippen LogP contribution in [-0.2, 0) is 11.3 Å². The zero-order valence-electron chi connectivity index (χ0n) is 17.4. The Kier molecular flexibility index (Phi) is 4.42. The summed E-state index contributed by atoms with van der Waals surface area (Å²) in [6.07, 6.45) is 0. The number of anilines is 1. The summed E-state index contributed by atoms with van der Waals surface area (Å²) in [4.78, 5) is 20.6. The average molecular weight is 389 g/mol. The Morgan fingerprint density at radius 2 is 1.64 bits per heavy atom. The smallest absolute Gasteiger partial charge is 0.233 e. The first kappa shape index (κ1) is 18.9. The highest BCUT2D eigenvalue weighted by molar-refractivity contribution is 6.84. The number of nitrogens with zero attached hydrogens (tertiary/aromatic N) is 2. The Morgan fingerprint density at radius 1 is 1.00 bits per heavy atom. The van der Waals surface area contributed by atoms with E-state index in [1.807, 2.05) is 41.3 Å². The van der Waals surface area contributed by atoms with E-state index < -0.39 is 8.07 Å². The first-order valence-electron chi connectivity index (χ1n) is 9.95. The molecule has 1 unspecified atom stereocenters. The summed E-state index contributed by atoms with van der Waals surface area (Å²) >= 11 is 0. The van der Waals surface area contributed by atoms with Crippen LogP contribution in [0.4, 0.5) is 5.82 Å². The van der Waals surface area contributed by atoms with E-state index in [0.29, 0.717) is 6.54 Å². The largest absolute Gasteiger partial charge is 0.292 e. The van der Waals surface area contributed by atoms with Gasteiger partial charge in [0.15, 0.2) is 0 Å². The fourth-order valence-electron chi connectivity index (χ4n) is 3.99. The van der Waals surface area contributed by atoms with Crippen LogP contribution in [-0.4, -0.2) is 19.0 Å². The molecule has 0 saturated carbocycles. The highest BCUT2D eigenvalue weighted by Gasteiger charge is 2.52. The maximum absolute atomic E-state index is 13.8. The fraction of sp³-hybridized carbons (Fsp3) is 0.333. The second kappa shape index (κ2) is 6.56. The lowest BCUT2D eigenvalue weighted by Gasteiger charge is -2.41. The van der Waals surface area contributed by atoms with Gasteiger partial charge in [0.05, 0.1) is 25.7 Å². The molecule has 0 bridgehead atoms. The molecule has 144 valence electrons. The summed E-state index contributed by atoms with van der Waals surface area (Å²) in [5, 5.41) is 1.22. The Labute approximate surface area is 168 Å². The van der Waals surface area contributed by atoms with Crippen LogP contribution in [0.2, 0.25) is 18.1 Å². The first-order chi connectivity index (χ1) is 13.2. The normalized spacial score (nSPS) is 17.2. The van der Waals surface area contributed by atoms with Crippen LogP contribution in [0.3, 0.4) is 0 Å². The summed E-state index contributed by atoms with van der Waals surface area (Å²) in [6, 6.07) is 20.6. The second-order valence-electron chi connectivity index (χ2n) is 9.41. The van der Waals surface area contributed by atoms with E-state index in [4.69, 9.17) is 4.98 Å². The van der Waals surface area contributed by atoms with Crippen LogP contribution in [0.1, 0.15) is 37.4 Å². The fourth-order valence-corrected chi connectivity index (χ4v) is 6.62. The number of aromatic nitrogens is 1. The molecule has 2 heterocycles. The molecule has 4 rings (SSSR count). The van der Waals surface area contributed by atoms with Gasteiger partial charge in [-0.15, -0.1) is 0 Å². The maximum Gasteiger partial charge on any atom is 0.233 e. The first-order valence-corrected chi connectivity index (χ1v) is 13.0. The highest BCUT2D eigenvalue weighted by Crippen LogP contribution is 2.51. The molecule has 0 radical (unpaired) electrons. The van der Waals surface area contributed by atoms with Gasteiger partial charge in [-0.3, -0.25) is 9.69 Å². The number of hydrogen-bond donors (Lipinski definition) is 0. The molecule has 28 heavy (non-hydrogen) atoms. The minimum Gasteiger partial charge on any atom is -0.292 e. The number of rotatable bonds is 3. The predicted octanol–water partition coefficient (Wildman–Crippen LogP) is 5.91. The van der Waals surface area contributed by atoms with E-state index in [9.17, 15) is 4.79 Å². The molecule has 1 aromatic heterocycles. The van der Waals surface area contributed by atoms with E-state index in [-0.39, 0.29) is 16.5 Å². The van der Waals surface area contributed by atoms with Crippen molar-refractivity contribution in [3.63, 3.8) is 0 Å². The number of fused-ring (bicyclic) bond motifs is 2. The summed E-state index contributed by atoms with van der Waals surface area (Å²) in [7, 11) is -1.96. The monoisotopic (exact) mass is 388 g/mol. The molecule has 3 nitrogen and oxygen atoms in total. The molecule has 1 atom stereocenters. The quantitative estimate of drug-likeness (QED) is 0.522. The molecule has 0 fully saturated rings.